The third kappa shape index (κ3) is 2.64. The number of nitrogens with one attached hydrogen (secondary N) is 2. The van der Waals surface area contributed by atoms with Gasteiger partial charge in [-0.2, -0.15) is 0 Å². The number of ether oxygens (including phenoxy) is 2. The van der Waals surface area contributed by atoms with Crippen molar-refractivity contribution < 1.29 is 9.47 Å². The van der Waals surface area contributed by atoms with E-state index in [-0.39, 0.29) is 0 Å². The van der Waals surface area contributed by atoms with Crippen LogP contribution in [0.4, 0.5) is 11.6 Å². The summed E-state index contributed by atoms with van der Waals surface area (Å²) >= 11 is 0. The summed E-state index contributed by atoms with van der Waals surface area (Å²) in [4.78, 5) is 8.34. The summed E-state index contributed by atoms with van der Waals surface area (Å²) in [6.45, 7) is 2.80. The van der Waals surface area contributed by atoms with E-state index in [0.29, 0.717) is 23.7 Å². The van der Waals surface area contributed by atoms with Gasteiger partial charge >= 0.3 is 0 Å². The Hall–Kier alpha value is -1.56. The molecule has 1 fully saturated rings. The van der Waals surface area contributed by atoms with E-state index in [4.69, 9.17) is 9.47 Å². The van der Waals surface area contributed by atoms with Crippen molar-refractivity contribution in [3.8, 4) is 5.75 Å². The minimum atomic E-state index is 0.379. The monoisotopic (exact) mass is 252 g/mol. The molecule has 0 unspecified atom stereocenters. The Balaban J connectivity index is 1.98. The molecule has 1 saturated carbocycles. The second-order valence-corrected chi connectivity index (χ2v) is 4.24. The van der Waals surface area contributed by atoms with Gasteiger partial charge in [-0.1, -0.05) is 0 Å². The van der Waals surface area contributed by atoms with Crippen molar-refractivity contribution >= 4 is 11.6 Å². The predicted octanol–water partition coefficient (Wildman–Crippen LogP) is 1.51. The van der Waals surface area contributed by atoms with Crippen LogP contribution in [0.3, 0.4) is 0 Å². The van der Waals surface area contributed by atoms with Gasteiger partial charge in [-0.15, -0.1) is 0 Å². The first-order chi connectivity index (χ1) is 8.78. The maximum atomic E-state index is 5.53. The van der Waals surface area contributed by atoms with Gasteiger partial charge in [0.15, 0.2) is 11.6 Å². The third-order valence-corrected chi connectivity index (χ3v) is 3.08. The minimum absolute atomic E-state index is 0.379. The molecule has 2 rings (SSSR count). The lowest BCUT2D eigenvalue weighted by Crippen LogP contribution is -2.41. The molecule has 0 amide bonds. The van der Waals surface area contributed by atoms with Gasteiger partial charge < -0.3 is 20.1 Å². The third-order valence-electron chi connectivity index (χ3n) is 3.08. The molecule has 1 aromatic rings. The molecule has 0 aliphatic heterocycles. The van der Waals surface area contributed by atoms with Gasteiger partial charge in [-0.05, 0) is 19.8 Å². The van der Waals surface area contributed by atoms with Crippen LogP contribution in [0.25, 0.3) is 0 Å². The first kappa shape index (κ1) is 12.9. The molecule has 100 valence electrons. The fourth-order valence-corrected chi connectivity index (χ4v) is 2.10. The molecule has 1 heterocycles. The number of aromatic nitrogens is 2. The number of rotatable bonds is 6. The van der Waals surface area contributed by atoms with Crippen molar-refractivity contribution in [3.05, 3.63) is 6.33 Å². The summed E-state index contributed by atoms with van der Waals surface area (Å²) in [5, 5.41) is 6.35. The van der Waals surface area contributed by atoms with Crippen LogP contribution in [0.1, 0.15) is 19.8 Å². The second kappa shape index (κ2) is 5.86. The zero-order chi connectivity index (χ0) is 13.0. The largest absolute Gasteiger partial charge is 0.490 e. The lowest BCUT2D eigenvalue weighted by molar-refractivity contribution is 0.00288. The summed E-state index contributed by atoms with van der Waals surface area (Å²) in [6, 6.07) is 0.398. The molecule has 6 heteroatoms. The zero-order valence-electron chi connectivity index (χ0n) is 11.1. The van der Waals surface area contributed by atoms with Gasteiger partial charge in [0.1, 0.15) is 6.33 Å². The van der Waals surface area contributed by atoms with Crippen molar-refractivity contribution in [1.29, 1.82) is 0 Å². The molecule has 0 aromatic carbocycles. The van der Waals surface area contributed by atoms with Crippen LogP contribution in [0.5, 0.6) is 5.75 Å². The van der Waals surface area contributed by atoms with Crippen LogP contribution in [0.2, 0.25) is 0 Å². The highest BCUT2D eigenvalue weighted by Gasteiger charge is 2.30. The summed E-state index contributed by atoms with van der Waals surface area (Å²) in [6.07, 6.45) is 3.92. The summed E-state index contributed by atoms with van der Waals surface area (Å²) in [7, 11) is 3.43. The highest BCUT2D eigenvalue weighted by molar-refractivity contribution is 5.63. The number of hydrogen-bond donors (Lipinski definition) is 2. The quantitative estimate of drug-likeness (QED) is 0.800. The second-order valence-electron chi connectivity index (χ2n) is 4.24. The summed E-state index contributed by atoms with van der Waals surface area (Å²) < 4.78 is 10.9. The highest BCUT2D eigenvalue weighted by atomic mass is 16.5. The molecule has 0 bridgehead atoms. The smallest absolute Gasteiger partial charge is 0.204 e. The molecule has 0 saturated heterocycles. The number of anilines is 2. The average Bonchev–Trinajstić information content (AvgIpc) is 2.35. The van der Waals surface area contributed by atoms with E-state index in [0.717, 1.165) is 25.3 Å². The molecule has 0 radical (unpaired) electrons. The molecular formula is C12H20N4O2. The van der Waals surface area contributed by atoms with E-state index >= 15 is 0 Å². The standard InChI is InChI=1S/C12H20N4O2/c1-4-18-9-5-8(6-9)16-12-10(17-3)11(13-2)14-7-15-12/h7-9H,4-6H2,1-3H3,(H2,13,14,15,16). The molecule has 1 aliphatic rings. The van der Waals surface area contributed by atoms with Gasteiger partial charge in [-0.3, -0.25) is 0 Å². The van der Waals surface area contributed by atoms with E-state index in [1.54, 1.807) is 7.11 Å². The van der Waals surface area contributed by atoms with Crippen molar-refractivity contribution in [2.45, 2.75) is 31.9 Å². The Labute approximate surface area is 107 Å². The molecule has 6 nitrogen and oxygen atoms in total. The van der Waals surface area contributed by atoms with Crippen molar-refractivity contribution in [3.63, 3.8) is 0 Å². The Bertz CT molecular complexity index is 394. The zero-order valence-corrected chi connectivity index (χ0v) is 11.1. The molecule has 18 heavy (non-hydrogen) atoms. The van der Waals surface area contributed by atoms with Gasteiger partial charge in [0.2, 0.25) is 5.75 Å². The Kier molecular flexibility index (Phi) is 4.19. The average molecular weight is 252 g/mol. The normalized spacial score (nSPS) is 22.2. The van der Waals surface area contributed by atoms with Crippen molar-refractivity contribution in [2.75, 3.05) is 31.4 Å². The maximum Gasteiger partial charge on any atom is 0.204 e. The summed E-state index contributed by atoms with van der Waals surface area (Å²) in [5.74, 6) is 2.08. The minimum Gasteiger partial charge on any atom is -0.490 e. The van der Waals surface area contributed by atoms with E-state index < -0.39 is 0 Å². The molecular weight excluding hydrogens is 232 g/mol. The Morgan fingerprint density at radius 2 is 2.06 bits per heavy atom. The first-order valence-electron chi connectivity index (χ1n) is 6.23. The van der Waals surface area contributed by atoms with Crippen LogP contribution >= 0.6 is 0 Å². The van der Waals surface area contributed by atoms with Crippen LogP contribution in [0.15, 0.2) is 6.33 Å². The van der Waals surface area contributed by atoms with Gasteiger partial charge in [0, 0.05) is 19.7 Å². The molecule has 2 N–H and O–H groups in total. The van der Waals surface area contributed by atoms with E-state index in [9.17, 15) is 0 Å². The Morgan fingerprint density at radius 1 is 1.33 bits per heavy atom. The predicted molar refractivity (Wildman–Crippen MR) is 70.2 cm³/mol. The highest BCUT2D eigenvalue weighted by Crippen LogP contribution is 2.32. The fourth-order valence-electron chi connectivity index (χ4n) is 2.10. The maximum absolute atomic E-state index is 5.53. The molecule has 1 aliphatic carbocycles. The van der Waals surface area contributed by atoms with E-state index in [1.165, 1.54) is 6.33 Å². The van der Waals surface area contributed by atoms with Gasteiger partial charge in [0.05, 0.1) is 13.2 Å². The number of hydrogen-bond acceptors (Lipinski definition) is 6. The van der Waals surface area contributed by atoms with Gasteiger partial charge in [0.25, 0.3) is 0 Å². The number of nitrogens with zero attached hydrogens (tertiary/aromatic N) is 2. The Morgan fingerprint density at radius 3 is 2.67 bits per heavy atom. The van der Waals surface area contributed by atoms with Crippen LogP contribution < -0.4 is 15.4 Å². The lowest BCUT2D eigenvalue weighted by atomic mass is 9.89. The topological polar surface area (TPSA) is 68.3 Å². The summed E-state index contributed by atoms with van der Waals surface area (Å²) in [5.41, 5.74) is 0. The van der Waals surface area contributed by atoms with Crippen molar-refractivity contribution in [2.24, 2.45) is 0 Å². The van der Waals surface area contributed by atoms with Crippen LogP contribution in [-0.2, 0) is 4.74 Å². The first-order valence-corrected chi connectivity index (χ1v) is 6.23. The molecule has 0 spiro atoms. The molecule has 1 aromatic heterocycles. The van der Waals surface area contributed by atoms with E-state index in [2.05, 4.69) is 20.6 Å². The SMILES string of the molecule is CCOC1CC(Nc2ncnc(NC)c2OC)C1. The van der Waals surface area contributed by atoms with E-state index in [1.807, 2.05) is 14.0 Å². The van der Waals surface area contributed by atoms with Crippen LogP contribution in [0, 0.1) is 0 Å². The van der Waals surface area contributed by atoms with Crippen molar-refractivity contribution in [1.82, 2.24) is 9.97 Å². The molecule has 0 atom stereocenters. The lowest BCUT2D eigenvalue weighted by Gasteiger charge is -2.35. The number of methoxy groups -OCH3 is 1. The fraction of sp³-hybridized carbons (Fsp3) is 0.667. The van der Waals surface area contributed by atoms with Crippen LogP contribution in [-0.4, -0.2) is 42.9 Å². The van der Waals surface area contributed by atoms with Gasteiger partial charge in [-0.25, -0.2) is 9.97 Å².